The van der Waals surface area contributed by atoms with Crippen molar-refractivity contribution < 1.29 is 49.2 Å². The molecule has 12 atom stereocenters. The number of rotatable bonds is 9. The first-order valence-corrected chi connectivity index (χ1v) is 54.1. The van der Waals surface area contributed by atoms with Crippen LogP contribution in [0, 0.1) is 103 Å². The van der Waals surface area contributed by atoms with Crippen LogP contribution in [-0.2, 0) is 19.2 Å². The zero-order valence-corrected chi connectivity index (χ0v) is 77.1. The van der Waals surface area contributed by atoms with Crippen LogP contribution in [0.2, 0.25) is 0 Å². The summed E-state index contributed by atoms with van der Waals surface area (Å²) < 4.78 is 0. The zero-order chi connectivity index (χ0) is 71.1. The number of hydrogen-bond donors (Lipinski definition) is 3. The summed E-state index contributed by atoms with van der Waals surface area (Å²) in [5.41, 5.74) is 7.38. The molecule has 0 aromatic rings. The molecular formula is C81H153BI6O7-. The molecule has 6 saturated carbocycles. The van der Waals surface area contributed by atoms with Crippen LogP contribution in [0.3, 0.4) is 0 Å². The first-order valence-electron chi connectivity index (χ1n) is 35.3. The number of allylic oxidation sites excluding steroid dienone is 5. The minimum atomic E-state index is -0.287. The number of aliphatic hydroxyl groups excluding tert-OH is 3. The van der Waals surface area contributed by atoms with Crippen LogP contribution in [0.5, 0.6) is 0 Å². The molecule has 0 bridgehead atoms. The van der Waals surface area contributed by atoms with Crippen molar-refractivity contribution in [2.24, 2.45) is 103 Å². The SMILES string of the molecule is C.C.C/C(=C\C1CC(C)CC(C)(C)C1)C(C)O.C/C(=C\C1CC(C)CC(C)(C)C1)CO.CC/C(=C\C1CC(C)CC(C)(C)C1)CO.CC1=CC(=O)CC(C)(C)C1.CC1CC(=O)CC(C)(C)C1.CC1CC(C=O)CC(C)(C)C1.CC1CC(C=O)CC(C)(C)C1.I.II.I[I-]I.[2HH].[B]. The minimum absolute atomic E-state index is 0. The van der Waals surface area contributed by atoms with Crippen molar-refractivity contribution in [1.29, 1.82) is 0 Å². The summed E-state index contributed by atoms with van der Waals surface area (Å²) in [4.78, 5) is 43.3. The maximum atomic E-state index is 11.1. The van der Waals surface area contributed by atoms with E-state index in [1.807, 2.05) is 27.7 Å². The minimum Gasteiger partial charge on any atom is 0 e. The Labute approximate surface area is 664 Å². The van der Waals surface area contributed by atoms with Gasteiger partial charge in [0.2, 0.25) is 0 Å². The normalized spacial score (nSPS) is 30.0. The Morgan fingerprint density at radius 3 is 1.08 bits per heavy atom. The van der Waals surface area contributed by atoms with Crippen molar-refractivity contribution in [3.63, 3.8) is 0 Å². The zero-order valence-electron chi connectivity index (χ0n) is 64.0. The molecule has 7 rings (SSSR count). The Bertz CT molecular complexity index is 2140. The first-order chi connectivity index (χ1) is 41.7. The van der Waals surface area contributed by atoms with E-state index in [1.165, 1.54) is 88.2 Å². The summed E-state index contributed by atoms with van der Waals surface area (Å²) >= 11 is 9.54. The third-order valence-electron chi connectivity index (χ3n) is 19.5. The van der Waals surface area contributed by atoms with E-state index in [-0.39, 0.29) is 84.6 Å². The molecule has 14 heteroatoms. The van der Waals surface area contributed by atoms with Gasteiger partial charge in [-0.2, -0.15) is 0 Å². The van der Waals surface area contributed by atoms with Crippen LogP contribution in [-0.4, -0.2) is 67.2 Å². The summed E-state index contributed by atoms with van der Waals surface area (Å²) in [7, 11) is 0. The van der Waals surface area contributed by atoms with Crippen molar-refractivity contribution >= 4 is 131 Å². The average Bonchev–Trinajstić information content (AvgIpc) is 0.994. The fraction of sp³-hybridized carbons (Fsp3) is 0.852. The number of ketones is 2. The molecular weight excluding hydrogens is 1860 g/mol. The molecule has 3 N–H and O–H groups in total. The Balaban J connectivity index is -0.000000190. The monoisotopic (exact) mass is 2010 g/mol. The van der Waals surface area contributed by atoms with Crippen LogP contribution in [0.4, 0.5) is 0 Å². The van der Waals surface area contributed by atoms with E-state index in [2.05, 4.69) is 238 Å². The molecule has 0 heterocycles. The molecule has 0 aromatic heterocycles. The van der Waals surface area contributed by atoms with Gasteiger partial charge >= 0.3 is 50.5 Å². The van der Waals surface area contributed by atoms with Gasteiger partial charge in [-0.05, 0) is 252 Å². The third-order valence-corrected chi connectivity index (χ3v) is 19.5. The molecule has 6 fully saturated rings. The molecule has 0 aromatic carbocycles. The first kappa shape index (κ1) is 108. The van der Waals surface area contributed by atoms with Gasteiger partial charge in [0.1, 0.15) is 18.4 Å². The van der Waals surface area contributed by atoms with Gasteiger partial charge in [0.15, 0.2) is 5.78 Å². The summed E-state index contributed by atoms with van der Waals surface area (Å²) in [6.45, 7) is 56.1. The van der Waals surface area contributed by atoms with Gasteiger partial charge in [0.25, 0.3) is 0 Å². The van der Waals surface area contributed by atoms with Crippen LogP contribution in [0.1, 0.15) is 324 Å². The molecule has 0 saturated heterocycles. The quantitative estimate of drug-likeness (QED) is 0.0907. The van der Waals surface area contributed by atoms with Crippen molar-refractivity contribution in [2.45, 2.75) is 329 Å². The van der Waals surface area contributed by atoms with E-state index in [4.69, 9.17) is 5.11 Å². The molecule has 12 unspecified atom stereocenters. The fourth-order valence-corrected chi connectivity index (χ4v) is 18.0. The smallest absolute Gasteiger partial charge is 0 e. The van der Waals surface area contributed by atoms with E-state index in [0.717, 1.165) is 105 Å². The van der Waals surface area contributed by atoms with Crippen LogP contribution >= 0.6 is 98.4 Å². The second-order valence-electron chi connectivity index (χ2n) is 36.2. The second kappa shape index (κ2) is 52.9. The Hall–Kier alpha value is 1.96. The number of hydrogen-bond acceptors (Lipinski definition) is 7. The molecule has 0 aliphatic heterocycles. The van der Waals surface area contributed by atoms with Gasteiger partial charge in [0, 0.05) is 78.2 Å². The van der Waals surface area contributed by atoms with Gasteiger partial charge in [-0.3, -0.25) is 9.59 Å². The van der Waals surface area contributed by atoms with Gasteiger partial charge in [-0.1, -0.05) is 190 Å². The Morgan fingerprint density at radius 2 is 0.832 bits per heavy atom. The third kappa shape index (κ3) is 53.4. The van der Waals surface area contributed by atoms with Crippen molar-refractivity contribution in [3.8, 4) is 0 Å². The molecule has 0 spiro atoms. The van der Waals surface area contributed by atoms with Gasteiger partial charge in [-0.15, -0.1) is 24.0 Å². The van der Waals surface area contributed by atoms with E-state index >= 15 is 0 Å². The Morgan fingerprint density at radius 1 is 0.526 bits per heavy atom. The van der Waals surface area contributed by atoms with Crippen LogP contribution in [0.25, 0.3) is 0 Å². The van der Waals surface area contributed by atoms with Crippen LogP contribution < -0.4 is 13.3 Å². The molecule has 0 amide bonds. The van der Waals surface area contributed by atoms with E-state index in [9.17, 15) is 29.4 Å². The molecule has 95 heavy (non-hydrogen) atoms. The molecule has 7 nitrogen and oxygen atoms in total. The molecule has 7 aliphatic rings. The number of carbonyl (C=O) groups excluding carboxylic acids is 4. The second-order valence-corrected chi connectivity index (χ2v) is 52.4. The van der Waals surface area contributed by atoms with Gasteiger partial charge in [0.05, 0.1) is 19.3 Å². The van der Waals surface area contributed by atoms with Gasteiger partial charge < -0.3 is 24.9 Å². The number of aldehydes is 2. The summed E-state index contributed by atoms with van der Waals surface area (Å²) in [5.74, 6) is 7.96. The Kier molecular flexibility index (Phi) is 60.0. The maximum absolute atomic E-state index is 11.1. The molecule has 7 aliphatic carbocycles. The topological polar surface area (TPSA) is 129 Å². The number of carbonyl (C=O) groups is 4. The predicted octanol–water partition coefficient (Wildman–Crippen LogP) is 23.3. The number of Topliss-reactive ketones (excluding diaryl/α,β-unsaturated/α-hetero) is 1. The standard InChI is InChI=1S/2C14H26O.C13H24O.2C10H18O.C9H16O.C9H14O.2CH4.B.I3.I2.HI.H2/c1-10-6-13(7-11(2)12(3)15)9-14(4,5)8-10;1-5-12(10-15)7-13-6-11(2)8-14(3,4)9-13;1-10-5-12(6-11(2)9-14)8-13(3,4)7-10;2*1-8-4-9(7-11)6-10(2,3)5-8;2*1-7-4-8(10)6-9(2,3)5-7;;;;1-3-2;1-2;;/h7,10,12-13,15H,6,8-9H2,1-5H3;7,11,13,15H,5-6,8-10H2,1-4H3;6,10,12,14H,5,7-9H2,1-4H3;2*7-9H,4-6H2,1-3H3;7H,4-6H2,1-3H3;4H,5-6H2,1-3H3;2*1H4;;;;2*1H/q;;;;;;;;;;-1;;;/b11-7+;12-7+;11-6+;;;;;;;;;;;/i;;;;;;;;;;;;;1+1. The average molecular weight is 2010 g/mol. The van der Waals surface area contributed by atoms with Crippen molar-refractivity contribution in [2.75, 3.05) is 13.2 Å². The molecule has 565 valence electrons. The molecule has 3 radical (unpaired) electrons. The van der Waals surface area contributed by atoms with E-state index < -0.39 is 0 Å². The number of halogens is 6. The van der Waals surface area contributed by atoms with Crippen LogP contribution in [0.15, 0.2) is 46.6 Å². The largest absolute Gasteiger partial charge is 0 e. The van der Waals surface area contributed by atoms with Crippen molar-refractivity contribution in [1.82, 2.24) is 0 Å². The van der Waals surface area contributed by atoms with E-state index in [0.29, 0.717) is 88.0 Å². The van der Waals surface area contributed by atoms with E-state index in [1.54, 1.807) is 6.08 Å². The number of aliphatic hydroxyl groups is 3. The summed E-state index contributed by atoms with van der Waals surface area (Å²) in [6.07, 6.45) is 34.9. The summed E-state index contributed by atoms with van der Waals surface area (Å²) in [5, 5.41) is 27.7. The fourth-order valence-electron chi connectivity index (χ4n) is 18.0. The van der Waals surface area contributed by atoms with Gasteiger partial charge in [-0.25, -0.2) is 0 Å². The summed E-state index contributed by atoms with van der Waals surface area (Å²) in [6, 6.07) is 0. The predicted molar refractivity (Wildman–Crippen MR) is 462 cm³/mol. The maximum Gasteiger partial charge on any atom is 0 e. The van der Waals surface area contributed by atoms with Crippen molar-refractivity contribution in [3.05, 3.63) is 46.6 Å².